The molecule has 0 radical (unpaired) electrons. The van der Waals surface area contributed by atoms with Crippen molar-refractivity contribution in [3.05, 3.63) is 96.4 Å². The maximum atomic E-state index is 12.7. The van der Waals surface area contributed by atoms with Gasteiger partial charge in [0, 0.05) is 30.4 Å². The lowest BCUT2D eigenvalue weighted by Crippen LogP contribution is -2.42. The van der Waals surface area contributed by atoms with Crippen LogP contribution in [0.4, 0.5) is 18.0 Å². The number of halogens is 3. The highest BCUT2D eigenvalue weighted by Crippen LogP contribution is 2.25. The van der Waals surface area contributed by atoms with E-state index in [0.29, 0.717) is 35.7 Å². The molecule has 2 aromatic carbocycles. The number of carbonyl (C=O) groups excluding carboxylic acids is 1. The largest absolute Gasteiger partial charge is 0.573 e. The first kappa shape index (κ1) is 33.6. The molecule has 1 fully saturated rings. The number of ether oxygens (including phenoxy) is 1. The van der Waals surface area contributed by atoms with E-state index in [-0.39, 0.29) is 11.8 Å². The number of urea groups is 1. The Morgan fingerprint density at radius 1 is 1.20 bits per heavy atom. The number of thioether (sulfide) groups is 1. The number of hydrogen-bond acceptors (Lipinski definition) is 5. The highest BCUT2D eigenvalue weighted by Gasteiger charge is 2.31. The van der Waals surface area contributed by atoms with Crippen LogP contribution in [0.2, 0.25) is 0 Å². The van der Waals surface area contributed by atoms with E-state index in [4.69, 9.17) is 0 Å². The standard InChI is InChI=1S/C33H37F3N6O2S/c1-22(2)25(5)23(3)8-6-7-18-41-24(4)17-19-45-32(41)39-31(43)37-20-26-9-11-27(12-10-26)30-38-21-42(40-30)28-13-15-29(16-14-28)44-33(34,35)36/h6-16,21-22,24H,5,17-20H2,1-4H3,(H,37,43)/b7-6-,23-8-,39-32-. The molecule has 4 rings (SSSR count). The predicted octanol–water partition coefficient (Wildman–Crippen LogP) is 7.94. The fourth-order valence-electron chi connectivity index (χ4n) is 4.45. The number of aliphatic imine (C=N–C) groups is 1. The smallest absolute Gasteiger partial charge is 0.406 e. The van der Waals surface area contributed by atoms with Crippen LogP contribution in [0, 0.1) is 5.92 Å². The third kappa shape index (κ3) is 9.84. The zero-order chi connectivity index (χ0) is 32.6. The first-order valence-corrected chi connectivity index (χ1v) is 15.5. The summed E-state index contributed by atoms with van der Waals surface area (Å²) in [4.78, 5) is 23.6. The number of amides is 2. The number of rotatable bonds is 10. The number of nitrogens with zero attached hydrogens (tertiary/aromatic N) is 5. The molecule has 1 aliphatic rings. The van der Waals surface area contributed by atoms with E-state index < -0.39 is 12.4 Å². The number of nitrogens with one attached hydrogen (secondary N) is 1. The van der Waals surface area contributed by atoms with Gasteiger partial charge in [0.1, 0.15) is 12.1 Å². The van der Waals surface area contributed by atoms with Gasteiger partial charge in [0.15, 0.2) is 11.0 Å². The summed E-state index contributed by atoms with van der Waals surface area (Å²) in [5, 5.41) is 8.00. The highest BCUT2D eigenvalue weighted by atomic mass is 32.2. The van der Waals surface area contributed by atoms with Crippen LogP contribution < -0.4 is 10.1 Å². The van der Waals surface area contributed by atoms with E-state index in [2.05, 4.69) is 76.5 Å². The zero-order valence-electron chi connectivity index (χ0n) is 25.7. The Kier molecular flexibility index (Phi) is 11.3. The van der Waals surface area contributed by atoms with Gasteiger partial charge in [0.2, 0.25) is 0 Å². The quantitative estimate of drug-likeness (QED) is 0.227. The molecular weight excluding hydrogens is 601 g/mol. The van der Waals surface area contributed by atoms with E-state index in [1.54, 1.807) is 11.8 Å². The van der Waals surface area contributed by atoms with Crippen LogP contribution >= 0.6 is 11.8 Å². The van der Waals surface area contributed by atoms with Gasteiger partial charge in [-0.1, -0.05) is 74.7 Å². The van der Waals surface area contributed by atoms with Crippen LogP contribution in [-0.2, 0) is 6.54 Å². The third-order valence-electron chi connectivity index (χ3n) is 7.21. The summed E-state index contributed by atoms with van der Waals surface area (Å²) >= 11 is 1.59. The second-order valence-corrected chi connectivity index (χ2v) is 12.0. The molecule has 0 saturated carbocycles. The summed E-state index contributed by atoms with van der Waals surface area (Å²) in [7, 11) is 0. The van der Waals surface area contributed by atoms with Crippen molar-refractivity contribution in [1.82, 2.24) is 25.0 Å². The van der Waals surface area contributed by atoms with E-state index in [1.165, 1.54) is 35.3 Å². The molecule has 1 aromatic heterocycles. The number of aromatic nitrogens is 3. The van der Waals surface area contributed by atoms with Gasteiger partial charge in [0.25, 0.3) is 0 Å². The molecule has 12 heteroatoms. The molecule has 45 heavy (non-hydrogen) atoms. The minimum atomic E-state index is -4.75. The van der Waals surface area contributed by atoms with Crippen molar-refractivity contribution < 1.29 is 22.7 Å². The number of carbonyl (C=O) groups is 1. The van der Waals surface area contributed by atoms with Crippen molar-refractivity contribution >= 4 is 23.0 Å². The van der Waals surface area contributed by atoms with Crippen molar-refractivity contribution in [3.8, 4) is 22.8 Å². The summed E-state index contributed by atoms with van der Waals surface area (Å²) in [5.41, 5.74) is 4.43. The summed E-state index contributed by atoms with van der Waals surface area (Å²) in [6.45, 7) is 13.6. The number of benzene rings is 2. The Balaban J connectivity index is 1.32. The normalized spacial score (nSPS) is 16.9. The Labute approximate surface area is 265 Å². The van der Waals surface area contributed by atoms with Crippen LogP contribution in [0.3, 0.4) is 0 Å². The molecule has 238 valence electrons. The molecule has 0 spiro atoms. The van der Waals surface area contributed by atoms with E-state index >= 15 is 0 Å². The fraction of sp³-hybridized carbons (Fsp3) is 0.333. The lowest BCUT2D eigenvalue weighted by atomic mass is 9.98. The van der Waals surface area contributed by atoms with Gasteiger partial charge in [0.05, 0.1) is 5.69 Å². The molecule has 2 heterocycles. The van der Waals surface area contributed by atoms with Gasteiger partial charge in [-0.2, -0.15) is 4.99 Å². The minimum Gasteiger partial charge on any atom is -0.406 e. The zero-order valence-corrected chi connectivity index (χ0v) is 26.5. The van der Waals surface area contributed by atoms with Crippen LogP contribution in [0.25, 0.3) is 17.1 Å². The molecular formula is C33H37F3N6O2S. The molecule has 0 aliphatic carbocycles. The van der Waals surface area contributed by atoms with Crippen LogP contribution in [0.15, 0.2) is 95.8 Å². The first-order chi connectivity index (χ1) is 21.4. The highest BCUT2D eigenvalue weighted by molar-refractivity contribution is 8.13. The van der Waals surface area contributed by atoms with Gasteiger partial charge in [-0.05, 0) is 67.2 Å². The van der Waals surface area contributed by atoms with Crippen molar-refractivity contribution in [2.24, 2.45) is 10.9 Å². The third-order valence-corrected chi connectivity index (χ3v) is 8.24. The van der Waals surface area contributed by atoms with E-state index in [9.17, 15) is 18.0 Å². The van der Waals surface area contributed by atoms with Crippen molar-refractivity contribution in [2.75, 3.05) is 12.3 Å². The SMILES string of the molecule is C=C(/C(C)=C\C=C/CN1/C(=N/C(=O)NCc2ccc(-c3ncn(-c4ccc(OC(F)(F)F)cc4)n3)cc2)SCCC1C)C(C)C. The Morgan fingerprint density at radius 2 is 1.91 bits per heavy atom. The van der Waals surface area contributed by atoms with Crippen LogP contribution in [-0.4, -0.2) is 55.6 Å². The first-order valence-electron chi connectivity index (χ1n) is 14.6. The predicted molar refractivity (Wildman–Crippen MR) is 173 cm³/mol. The summed E-state index contributed by atoms with van der Waals surface area (Å²) < 4.78 is 42.6. The van der Waals surface area contributed by atoms with E-state index in [0.717, 1.165) is 34.4 Å². The lowest BCUT2D eigenvalue weighted by molar-refractivity contribution is -0.274. The average Bonchev–Trinajstić information content (AvgIpc) is 3.49. The summed E-state index contributed by atoms with van der Waals surface area (Å²) in [5.74, 6) is 1.44. The topological polar surface area (TPSA) is 84.6 Å². The summed E-state index contributed by atoms with van der Waals surface area (Å²) in [6, 6.07) is 12.6. The minimum absolute atomic E-state index is 0.269. The van der Waals surface area contributed by atoms with Gasteiger partial charge in [-0.3, -0.25) is 0 Å². The fourth-order valence-corrected chi connectivity index (χ4v) is 5.66. The molecule has 3 aromatic rings. The molecule has 1 atom stereocenters. The Morgan fingerprint density at radius 3 is 2.58 bits per heavy atom. The summed E-state index contributed by atoms with van der Waals surface area (Å²) in [6.07, 6.45) is 3.92. The van der Waals surface area contributed by atoms with Gasteiger partial charge >= 0.3 is 12.4 Å². The number of amidine groups is 1. The Hall–Kier alpha value is -4.32. The molecule has 0 bridgehead atoms. The molecule has 2 amide bonds. The van der Waals surface area contributed by atoms with E-state index in [1.807, 2.05) is 30.3 Å². The number of alkyl halides is 3. The Bertz CT molecular complexity index is 1560. The number of hydrogen-bond donors (Lipinski definition) is 1. The monoisotopic (exact) mass is 638 g/mol. The molecule has 1 aliphatic heterocycles. The van der Waals surface area contributed by atoms with Crippen molar-refractivity contribution in [2.45, 2.75) is 53.1 Å². The molecule has 1 saturated heterocycles. The average molecular weight is 639 g/mol. The molecule has 1 N–H and O–H groups in total. The second kappa shape index (κ2) is 15.1. The van der Waals surface area contributed by atoms with Gasteiger partial charge in [-0.15, -0.1) is 18.3 Å². The molecule has 8 nitrogen and oxygen atoms in total. The van der Waals surface area contributed by atoms with Crippen molar-refractivity contribution in [1.29, 1.82) is 0 Å². The van der Waals surface area contributed by atoms with Gasteiger partial charge < -0.3 is 15.0 Å². The lowest BCUT2D eigenvalue weighted by Gasteiger charge is -2.34. The van der Waals surface area contributed by atoms with Gasteiger partial charge in [-0.25, -0.2) is 14.5 Å². The van der Waals surface area contributed by atoms with Crippen molar-refractivity contribution in [3.63, 3.8) is 0 Å². The number of allylic oxidation sites excluding steroid dienone is 4. The maximum Gasteiger partial charge on any atom is 0.573 e. The maximum absolute atomic E-state index is 12.7. The van der Waals surface area contributed by atoms with Crippen LogP contribution in [0.1, 0.15) is 39.7 Å². The molecule has 1 unspecified atom stereocenters. The van der Waals surface area contributed by atoms with Crippen LogP contribution in [0.5, 0.6) is 5.75 Å². The second-order valence-electron chi connectivity index (χ2n) is 10.9.